The first kappa shape index (κ1) is 17.1. The van der Waals surface area contributed by atoms with Gasteiger partial charge in [0.05, 0.1) is 23.5 Å². The van der Waals surface area contributed by atoms with Crippen LogP contribution < -0.4 is 20.3 Å². The van der Waals surface area contributed by atoms with Gasteiger partial charge < -0.3 is 20.3 Å². The quantitative estimate of drug-likeness (QED) is 0.862. The summed E-state index contributed by atoms with van der Waals surface area (Å²) in [5.41, 5.74) is 1.78. The molecule has 2 aromatic rings. The Morgan fingerprint density at radius 2 is 2.00 bits per heavy atom. The zero-order valence-electron chi connectivity index (χ0n) is 13.7. The van der Waals surface area contributed by atoms with Crippen molar-refractivity contribution < 1.29 is 14.3 Å². The number of anilines is 3. The van der Waals surface area contributed by atoms with Gasteiger partial charge in [0.15, 0.2) is 0 Å². The lowest BCUT2D eigenvalue weighted by Gasteiger charge is -2.19. The molecular weight excluding hydrogens is 342 g/mol. The lowest BCUT2D eigenvalue weighted by Crippen LogP contribution is -2.24. The summed E-state index contributed by atoms with van der Waals surface area (Å²) in [5.74, 6) is 0.612. The van der Waals surface area contributed by atoms with E-state index in [-0.39, 0.29) is 5.91 Å². The largest absolute Gasteiger partial charge is 0.494 e. The van der Waals surface area contributed by atoms with E-state index in [2.05, 4.69) is 10.6 Å². The molecule has 25 heavy (non-hydrogen) atoms. The first-order valence-corrected chi connectivity index (χ1v) is 8.27. The average molecular weight is 360 g/mol. The number of carbonyl (C=O) groups is 2. The smallest absolute Gasteiger partial charge is 0.323 e. The third kappa shape index (κ3) is 3.85. The van der Waals surface area contributed by atoms with Crippen molar-refractivity contribution in [3.8, 4) is 5.75 Å². The molecule has 1 aliphatic heterocycles. The summed E-state index contributed by atoms with van der Waals surface area (Å²) in [6.45, 7) is 0.676. The molecule has 3 amide bonds. The second-order valence-corrected chi connectivity index (χ2v) is 6.00. The van der Waals surface area contributed by atoms with Crippen LogP contribution in [0.15, 0.2) is 42.5 Å². The van der Waals surface area contributed by atoms with Gasteiger partial charge in [-0.1, -0.05) is 23.7 Å². The fourth-order valence-corrected chi connectivity index (χ4v) is 2.91. The zero-order valence-corrected chi connectivity index (χ0v) is 14.5. The van der Waals surface area contributed by atoms with Crippen molar-refractivity contribution in [2.75, 3.05) is 29.2 Å². The second-order valence-electron chi connectivity index (χ2n) is 5.59. The SMILES string of the molecule is COc1cc(NC(=O)Nc2ccccc2Cl)ccc1N1CCCC1=O. The molecule has 6 nitrogen and oxygen atoms in total. The van der Waals surface area contributed by atoms with E-state index in [1.807, 2.05) is 0 Å². The highest BCUT2D eigenvalue weighted by molar-refractivity contribution is 6.33. The van der Waals surface area contributed by atoms with Gasteiger partial charge in [0, 0.05) is 24.7 Å². The van der Waals surface area contributed by atoms with Crippen molar-refractivity contribution in [1.82, 2.24) is 0 Å². The van der Waals surface area contributed by atoms with E-state index in [0.717, 1.165) is 6.42 Å². The Bertz CT molecular complexity index is 810. The van der Waals surface area contributed by atoms with Crippen LogP contribution in [0.2, 0.25) is 5.02 Å². The van der Waals surface area contributed by atoms with Crippen molar-refractivity contribution in [3.63, 3.8) is 0 Å². The van der Waals surface area contributed by atoms with Gasteiger partial charge in [0.1, 0.15) is 5.75 Å². The molecule has 1 fully saturated rings. The van der Waals surface area contributed by atoms with Gasteiger partial charge >= 0.3 is 6.03 Å². The highest BCUT2D eigenvalue weighted by Crippen LogP contribution is 2.34. The number of nitrogens with zero attached hydrogens (tertiary/aromatic N) is 1. The molecule has 130 valence electrons. The lowest BCUT2D eigenvalue weighted by atomic mass is 10.2. The van der Waals surface area contributed by atoms with Crippen LogP contribution in [0.3, 0.4) is 0 Å². The maximum absolute atomic E-state index is 12.1. The molecule has 3 rings (SSSR count). The minimum atomic E-state index is -0.417. The molecule has 0 saturated carbocycles. The van der Waals surface area contributed by atoms with E-state index in [4.69, 9.17) is 16.3 Å². The Kier molecular flexibility index (Phi) is 5.09. The fourth-order valence-electron chi connectivity index (χ4n) is 2.73. The van der Waals surface area contributed by atoms with Crippen molar-refractivity contribution in [3.05, 3.63) is 47.5 Å². The van der Waals surface area contributed by atoms with Crippen molar-refractivity contribution >= 4 is 40.6 Å². The molecule has 0 unspecified atom stereocenters. The van der Waals surface area contributed by atoms with Gasteiger partial charge in [0.2, 0.25) is 5.91 Å². The van der Waals surface area contributed by atoms with E-state index in [0.29, 0.717) is 40.8 Å². The summed E-state index contributed by atoms with van der Waals surface area (Å²) >= 11 is 6.03. The first-order valence-electron chi connectivity index (χ1n) is 7.89. The average Bonchev–Trinajstić information content (AvgIpc) is 3.02. The number of ether oxygens (including phenoxy) is 1. The number of urea groups is 1. The van der Waals surface area contributed by atoms with Crippen molar-refractivity contribution in [1.29, 1.82) is 0 Å². The maximum atomic E-state index is 12.1. The fraction of sp³-hybridized carbons (Fsp3) is 0.222. The summed E-state index contributed by atoms with van der Waals surface area (Å²) < 4.78 is 5.38. The van der Waals surface area contributed by atoms with E-state index in [1.54, 1.807) is 47.4 Å². The van der Waals surface area contributed by atoms with Crippen molar-refractivity contribution in [2.24, 2.45) is 0 Å². The van der Waals surface area contributed by atoms with Crippen LogP contribution in [0, 0.1) is 0 Å². The number of hydrogen-bond donors (Lipinski definition) is 2. The van der Waals surface area contributed by atoms with Gasteiger partial charge in [-0.15, -0.1) is 0 Å². The molecule has 1 aliphatic rings. The minimum absolute atomic E-state index is 0.0791. The predicted octanol–water partition coefficient (Wildman–Crippen LogP) is 4.12. The second kappa shape index (κ2) is 7.44. The Hall–Kier alpha value is -2.73. The molecule has 2 aromatic carbocycles. The number of methoxy groups -OCH3 is 1. The van der Waals surface area contributed by atoms with Crippen LogP contribution in [-0.2, 0) is 4.79 Å². The number of amides is 3. The monoisotopic (exact) mass is 359 g/mol. The number of hydrogen-bond acceptors (Lipinski definition) is 3. The van der Waals surface area contributed by atoms with E-state index in [9.17, 15) is 9.59 Å². The van der Waals surface area contributed by atoms with Gasteiger partial charge in [-0.3, -0.25) is 4.79 Å². The molecule has 7 heteroatoms. The number of nitrogens with one attached hydrogen (secondary N) is 2. The number of halogens is 1. The third-order valence-electron chi connectivity index (χ3n) is 3.92. The highest BCUT2D eigenvalue weighted by Gasteiger charge is 2.24. The predicted molar refractivity (Wildman–Crippen MR) is 98.7 cm³/mol. The molecule has 0 aromatic heterocycles. The summed E-state index contributed by atoms with van der Waals surface area (Å²) in [5, 5.41) is 5.87. The number of benzene rings is 2. The molecule has 0 atom stereocenters. The first-order chi connectivity index (χ1) is 12.1. The summed E-state index contributed by atoms with van der Waals surface area (Å²) in [6, 6.07) is 11.8. The standard InChI is InChI=1S/C18H18ClN3O3/c1-25-16-11-12(8-9-15(16)22-10-4-7-17(22)23)20-18(24)21-14-6-3-2-5-13(14)19/h2-3,5-6,8-9,11H,4,7,10H2,1H3,(H2,20,21,24). The van der Waals surface area contributed by atoms with Crippen LogP contribution in [0.1, 0.15) is 12.8 Å². The number of carbonyl (C=O) groups excluding carboxylic acids is 2. The van der Waals surface area contributed by atoms with Crippen LogP contribution in [0.4, 0.5) is 21.9 Å². The summed E-state index contributed by atoms with van der Waals surface area (Å²) in [6.07, 6.45) is 1.38. The van der Waals surface area contributed by atoms with Crippen LogP contribution in [0.25, 0.3) is 0 Å². The van der Waals surface area contributed by atoms with Gasteiger partial charge in [0.25, 0.3) is 0 Å². The Morgan fingerprint density at radius 1 is 1.20 bits per heavy atom. The molecule has 2 N–H and O–H groups in total. The molecule has 0 radical (unpaired) electrons. The normalized spacial score (nSPS) is 13.7. The van der Waals surface area contributed by atoms with Gasteiger partial charge in [-0.25, -0.2) is 4.79 Å². The third-order valence-corrected chi connectivity index (χ3v) is 4.25. The number of para-hydroxylation sites is 1. The Morgan fingerprint density at radius 3 is 2.68 bits per heavy atom. The van der Waals surface area contributed by atoms with Gasteiger partial charge in [-0.2, -0.15) is 0 Å². The molecule has 0 spiro atoms. The molecule has 1 saturated heterocycles. The number of rotatable bonds is 4. The topological polar surface area (TPSA) is 70.7 Å². The van der Waals surface area contributed by atoms with E-state index >= 15 is 0 Å². The van der Waals surface area contributed by atoms with E-state index < -0.39 is 6.03 Å². The molecular formula is C18H18ClN3O3. The summed E-state index contributed by atoms with van der Waals surface area (Å²) in [4.78, 5) is 25.8. The van der Waals surface area contributed by atoms with Crippen LogP contribution in [-0.4, -0.2) is 25.6 Å². The van der Waals surface area contributed by atoms with Crippen LogP contribution in [0.5, 0.6) is 5.75 Å². The molecule has 0 aliphatic carbocycles. The zero-order chi connectivity index (χ0) is 17.8. The van der Waals surface area contributed by atoms with Crippen molar-refractivity contribution in [2.45, 2.75) is 12.8 Å². The minimum Gasteiger partial charge on any atom is -0.494 e. The molecule has 1 heterocycles. The van der Waals surface area contributed by atoms with E-state index in [1.165, 1.54) is 7.11 Å². The van der Waals surface area contributed by atoms with Crippen LogP contribution >= 0.6 is 11.6 Å². The highest BCUT2D eigenvalue weighted by atomic mass is 35.5. The molecule has 0 bridgehead atoms. The maximum Gasteiger partial charge on any atom is 0.323 e. The Balaban J connectivity index is 1.73. The lowest BCUT2D eigenvalue weighted by molar-refractivity contribution is -0.117. The summed E-state index contributed by atoms with van der Waals surface area (Å²) in [7, 11) is 1.53. The van der Waals surface area contributed by atoms with Gasteiger partial charge in [-0.05, 0) is 30.7 Å². The Labute approximate surface area is 150 Å².